The quantitative estimate of drug-likeness (QED) is 0.751. The van der Waals surface area contributed by atoms with Crippen molar-refractivity contribution >= 4 is 5.91 Å². The molecule has 6 nitrogen and oxygen atoms in total. The fourth-order valence-electron chi connectivity index (χ4n) is 2.47. The lowest BCUT2D eigenvalue weighted by molar-refractivity contribution is 0.0951. The number of rotatable bonds is 6. The van der Waals surface area contributed by atoms with Crippen molar-refractivity contribution in [1.82, 2.24) is 20.1 Å². The summed E-state index contributed by atoms with van der Waals surface area (Å²) in [4.78, 5) is 16.5. The number of aryl methyl sites for hydroxylation is 1. The van der Waals surface area contributed by atoms with Crippen LogP contribution in [0.2, 0.25) is 0 Å². The standard InChI is InChI=1S/C19H20N4O2/c1-3-25-18-6-4-15(5-7-18)19(24)21-10-14-8-16(11-20-9-14)17-12-22-23(2)13-17/h4-9,11-13H,3,10H2,1-2H3,(H,21,24). The number of aromatic nitrogens is 3. The van der Waals surface area contributed by atoms with Crippen LogP contribution in [0, 0.1) is 0 Å². The normalized spacial score (nSPS) is 10.5. The van der Waals surface area contributed by atoms with E-state index in [-0.39, 0.29) is 5.91 Å². The van der Waals surface area contributed by atoms with Gasteiger partial charge in [0.15, 0.2) is 0 Å². The van der Waals surface area contributed by atoms with Gasteiger partial charge >= 0.3 is 0 Å². The van der Waals surface area contributed by atoms with Crippen molar-refractivity contribution in [2.75, 3.05) is 6.61 Å². The Labute approximate surface area is 146 Å². The van der Waals surface area contributed by atoms with Crippen molar-refractivity contribution in [1.29, 1.82) is 0 Å². The lowest BCUT2D eigenvalue weighted by Gasteiger charge is -2.07. The van der Waals surface area contributed by atoms with Crippen LogP contribution >= 0.6 is 0 Å². The lowest BCUT2D eigenvalue weighted by atomic mass is 10.1. The van der Waals surface area contributed by atoms with E-state index in [1.54, 1.807) is 47.5 Å². The number of carbonyl (C=O) groups is 1. The number of ether oxygens (including phenoxy) is 1. The van der Waals surface area contributed by atoms with Crippen LogP contribution in [-0.4, -0.2) is 27.3 Å². The highest BCUT2D eigenvalue weighted by atomic mass is 16.5. The summed E-state index contributed by atoms with van der Waals surface area (Å²) in [6.07, 6.45) is 7.26. The van der Waals surface area contributed by atoms with Crippen molar-refractivity contribution in [2.45, 2.75) is 13.5 Å². The molecular weight excluding hydrogens is 316 g/mol. The smallest absolute Gasteiger partial charge is 0.251 e. The average Bonchev–Trinajstić information content (AvgIpc) is 3.07. The molecule has 0 aliphatic heterocycles. The molecule has 2 heterocycles. The summed E-state index contributed by atoms with van der Waals surface area (Å²) < 4.78 is 7.13. The third-order valence-electron chi connectivity index (χ3n) is 3.71. The van der Waals surface area contributed by atoms with Crippen LogP contribution in [0.25, 0.3) is 11.1 Å². The van der Waals surface area contributed by atoms with E-state index >= 15 is 0 Å². The minimum Gasteiger partial charge on any atom is -0.494 e. The second-order valence-corrected chi connectivity index (χ2v) is 5.62. The number of hydrogen-bond donors (Lipinski definition) is 1. The molecule has 0 aliphatic rings. The van der Waals surface area contributed by atoms with Gasteiger partial charge in [-0.25, -0.2) is 0 Å². The Morgan fingerprint density at radius 2 is 1.96 bits per heavy atom. The van der Waals surface area contributed by atoms with Gasteiger partial charge in [0.05, 0.1) is 12.8 Å². The Balaban J connectivity index is 1.64. The number of benzene rings is 1. The number of amides is 1. The largest absolute Gasteiger partial charge is 0.494 e. The predicted molar refractivity (Wildman–Crippen MR) is 95.2 cm³/mol. The van der Waals surface area contributed by atoms with E-state index in [9.17, 15) is 4.79 Å². The molecule has 6 heteroatoms. The maximum Gasteiger partial charge on any atom is 0.251 e. The number of pyridine rings is 1. The molecule has 0 bridgehead atoms. The van der Waals surface area contributed by atoms with Gasteiger partial charge in [0.2, 0.25) is 0 Å². The van der Waals surface area contributed by atoms with E-state index < -0.39 is 0 Å². The van der Waals surface area contributed by atoms with Crippen molar-refractivity contribution in [2.24, 2.45) is 7.05 Å². The Morgan fingerprint density at radius 3 is 2.64 bits per heavy atom. The van der Waals surface area contributed by atoms with Gasteiger partial charge < -0.3 is 10.1 Å². The Morgan fingerprint density at radius 1 is 1.16 bits per heavy atom. The first-order chi connectivity index (χ1) is 12.2. The number of nitrogens with one attached hydrogen (secondary N) is 1. The van der Waals surface area contributed by atoms with Gasteiger partial charge in [0, 0.05) is 48.9 Å². The third-order valence-corrected chi connectivity index (χ3v) is 3.71. The minimum absolute atomic E-state index is 0.130. The Kier molecular flexibility index (Phi) is 5.09. The number of hydrogen-bond acceptors (Lipinski definition) is 4. The van der Waals surface area contributed by atoms with Crippen LogP contribution in [0.15, 0.2) is 55.1 Å². The molecule has 128 valence electrons. The van der Waals surface area contributed by atoms with Gasteiger partial charge in [0.25, 0.3) is 5.91 Å². The van der Waals surface area contributed by atoms with E-state index in [4.69, 9.17) is 4.74 Å². The minimum atomic E-state index is -0.130. The molecular formula is C19H20N4O2. The number of carbonyl (C=O) groups excluding carboxylic acids is 1. The molecule has 0 spiro atoms. The molecule has 0 saturated heterocycles. The van der Waals surface area contributed by atoms with E-state index in [1.807, 2.05) is 26.2 Å². The molecule has 0 unspecified atom stereocenters. The highest BCUT2D eigenvalue weighted by molar-refractivity contribution is 5.94. The van der Waals surface area contributed by atoms with Gasteiger partial charge in [-0.1, -0.05) is 0 Å². The summed E-state index contributed by atoms with van der Waals surface area (Å²) >= 11 is 0. The van der Waals surface area contributed by atoms with E-state index in [2.05, 4.69) is 15.4 Å². The lowest BCUT2D eigenvalue weighted by Crippen LogP contribution is -2.22. The van der Waals surface area contributed by atoms with Crippen LogP contribution in [0.5, 0.6) is 5.75 Å². The van der Waals surface area contributed by atoms with Crippen molar-refractivity contribution in [3.63, 3.8) is 0 Å². The Hall–Kier alpha value is -3.15. The van der Waals surface area contributed by atoms with Crippen LogP contribution in [0.3, 0.4) is 0 Å². The van der Waals surface area contributed by atoms with Crippen LogP contribution < -0.4 is 10.1 Å². The zero-order valence-electron chi connectivity index (χ0n) is 14.3. The molecule has 0 atom stereocenters. The monoisotopic (exact) mass is 336 g/mol. The predicted octanol–water partition coefficient (Wildman–Crippen LogP) is 2.81. The van der Waals surface area contributed by atoms with Gasteiger partial charge in [-0.05, 0) is 42.8 Å². The van der Waals surface area contributed by atoms with E-state index in [1.165, 1.54) is 0 Å². The first-order valence-electron chi connectivity index (χ1n) is 8.09. The molecule has 0 saturated carbocycles. The molecule has 3 rings (SSSR count). The van der Waals surface area contributed by atoms with Crippen molar-refractivity contribution < 1.29 is 9.53 Å². The SMILES string of the molecule is CCOc1ccc(C(=O)NCc2cncc(-c3cnn(C)c3)c2)cc1. The van der Waals surface area contributed by atoms with Crippen LogP contribution in [0.4, 0.5) is 0 Å². The zero-order chi connectivity index (χ0) is 17.6. The second-order valence-electron chi connectivity index (χ2n) is 5.62. The molecule has 1 aromatic carbocycles. The molecule has 2 aromatic heterocycles. The van der Waals surface area contributed by atoms with E-state index in [0.717, 1.165) is 22.4 Å². The molecule has 25 heavy (non-hydrogen) atoms. The van der Waals surface area contributed by atoms with Gasteiger partial charge in [-0.15, -0.1) is 0 Å². The third kappa shape index (κ3) is 4.23. The average molecular weight is 336 g/mol. The maximum absolute atomic E-state index is 12.3. The summed E-state index contributed by atoms with van der Waals surface area (Å²) in [5.74, 6) is 0.627. The second kappa shape index (κ2) is 7.61. The van der Waals surface area contributed by atoms with Crippen molar-refractivity contribution in [3.8, 4) is 16.9 Å². The highest BCUT2D eigenvalue weighted by Gasteiger charge is 2.07. The van der Waals surface area contributed by atoms with Crippen LogP contribution in [0.1, 0.15) is 22.8 Å². The van der Waals surface area contributed by atoms with Gasteiger partial charge in [-0.2, -0.15) is 5.10 Å². The summed E-state index contributed by atoms with van der Waals surface area (Å²) in [5.41, 5.74) is 3.50. The summed E-state index contributed by atoms with van der Waals surface area (Å²) in [6, 6.07) is 9.10. The maximum atomic E-state index is 12.3. The fraction of sp³-hybridized carbons (Fsp3) is 0.211. The molecule has 0 fully saturated rings. The molecule has 1 N–H and O–H groups in total. The highest BCUT2D eigenvalue weighted by Crippen LogP contribution is 2.18. The summed E-state index contributed by atoms with van der Waals surface area (Å²) in [7, 11) is 1.87. The van der Waals surface area contributed by atoms with Crippen LogP contribution in [-0.2, 0) is 13.6 Å². The number of nitrogens with zero attached hydrogens (tertiary/aromatic N) is 3. The van der Waals surface area contributed by atoms with Gasteiger partial charge in [-0.3, -0.25) is 14.5 Å². The molecule has 0 aliphatic carbocycles. The first-order valence-corrected chi connectivity index (χ1v) is 8.09. The summed E-state index contributed by atoms with van der Waals surface area (Å²) in [5, 5.41) is 7.08. The van der Waals surface area contributed by atoms with Gasteiger partial charge in [0.1, 0.15) is 5.75 Å². The fourth-order valence-corrected chi connectivity index (χ4v) is 2.47. The topological polar surface area (TPSA) is 69.0 Å². The molecule has 0 radical (unpaired) electrons. The zero-order valence-corrected chi connectivity index (χ0v) is 14.3. The van der Waals surface area contributed by atoms with Crippen molar-refractivity contribution in [3.05, 3.63) is 66.2 Å². The molecule has 1 amide bonds. The van der Waals surface area contributed by atoms with E-state index in [0.29, 0.717) is 18.7 Å². The summed E-state index contributed by atoms with van der Waals surface area (Å²) in [6.45, 7) is 2.94. The molecule has 3 aromatic rings. The first kappa shape index (κ1) is 16.7. The Bertz CT molecular complexity index is 856.